The summed E-state index contributed by atoms with van der Waals surface area (Å²) in [6.07, 6.45) is -2.07. The van der Waals surface area contributed by atoms with Crippen molar-refractivity contribution in [1.82, 2.24) is 10.6 Å². The summed E-state index contributed by atoms with van der Waals surface area (Å²) in [6, 6.07) is -2.15. The molecule has 0 aliphatic carbocycles. The van der Waals surface area contributed by atoms with Gasteiger partial charge in [-0.1, -0.05) is 0 Å². The minimum Gasteiger partial charge on any atom is -0.480 e. The molecule has 0 spiro atoms. The quantitative estimate of drug-likeness (QED) is 0.209. The van der Waals surface area contributed by atoms with Gasteiger partial charge in [0, 0.05) is 12.2 Å². The van der Waals surface area contributed by atoms with Crippen molar-refractivity contribution in [2.75, 3.05) is 12.3 Å². The molecule has 0 bridgehead atoms. The van der Waals surface area contributed by atoms with Gasteiger partial charge in [-0.2, -0.15) is 12.6 Å². The van der Waals surface area contributed by atoms with Gasteiger partial charge in [-0.05, 0) is 6.42 Å². The molecule has 0 saturated carbocycles. The highest BCUT2D eigenvalue weighted by Crippen LogP contribution is 1.97. The zero-order valence-corrected chi connectivity index (χ0v) is 13.2. The maximum atomic E-state index is 11.5. The van der Waals surface area contributed by atoms with Gasteiger partial charge in [0.1, 0.15) is 18.6 Å². The van der Waals surface area contributed by atoms with Crippen LogP contribution in [0.2, 0.25) is 0 Å². The topological polar surface area (TPSA) is 216 Å². The van der Waals surface area contributed by atoms with Crippen molar-refractivity contribution >= 4 is 42.5 Å². The molecule has 0 radical (unpaired) electrons. The fraction of sp³-hybridized carbons (Fsp3) is 0.545. The summed E-state index contributed by atoms with van der Waals surface area (Å²) in [4.78, 5) is 52.3. The molecule has 12 nitrogen and oxygen atoms in total. The number of carbonyl (C=O) groups is 5. The second kappa shape index (κ2) is 13.0. The van der Waals surface area contributed by atoms with E-state index in [1.165, 1.54) is 0 Å². The number of nitrogens with one attached hydrogen (secondary N) is 2. The molecule has 2 atom stereocenters. The Morgan fingerprint density at radius 3 is 1.92 bits per heavy atom. The average molecular weight is 369 g/mol. The van der Waals surface area contributed by atoms with Crippen LogP contribution >= 0.6 is 12.6 Å². The first-order valence-corrected chi connectivity index (χ1v) is 6.94. The number of thiol groups is 1. The van der Waals surface area contributed by atoms with E-state index in [4.69, 9.17) is 31.0 Å². The van der Waals surface area contributed by atoms with E-state index in [1.54, 1.807) is 0 Å². The van der Waals surface area contributed by atoms with Gasteiger partial charge in [-0.3, -0.25) is 19.2 Å². The molecular formula is C11H19N3O9S. The lowest BCUT2D eigenvalue weighted by Gasteiger charge is -2.16. The maximum absolute atomic E-state index is 11.5. The third kappa shape index (κ3) is 14.4. The third-order valence-corrected chi connectivity index (χ3v) is 2.61. The zero-order valence-electron chi connectivity index (χ0n) is 12.3. The fourth-order valence-corrected chi connectivity index (χ4v) is 1.41. The van der Waals surface area contributed by atoms with Crippen LogP contribution in [0, 0.1) is 0 Å². The summed E-state index contributed by atoms with van der Waals surface area (Å²) in [5, 5.41) is 35.3. The van der Waals surface area contributed by atoms with Crippen LogP contribution in [-0.2, 0) is 19.2 Å². The zero-order chi connectivity index (χ0) is 19.3. The SMILES string of the molecule is N[C@@H](CCC(=O)N[C@@H](CS)C(=O)NCC(=O)O)C(=O)O.O=C(O)O. The summed E-state index contributed by atoms with van der Waals surface area (Å²) >= 11 is 3.87. The van der Waals surface area contributed by atoms with Crippen molar-refractivity contribution in [2.24, 2.45) is 5.73 Å². The molecule has 13 heteroatoms. The number of hydrogen-bond acceptors (Lipinski definition) is 7. The lowest BCUT2D eigenvalue weighted by Crippen LogP contribution is -2.49. The van der Waals surface area contributed by atoms with Gasteiger partial charge in [0.05, 0.1) is 0 Å². The van der Waals surface area contributed by atoms with Crippen LogP contribution in [0.4, 0.5) is 4.79 Å². The third-order valence-electron chi connectivity index (χ3n) is 2.25. The fourth-order valence-electron chi connectivity index (χ4n) is 1.16. The second-order valence-electron chi connectivity index (χ2n) is 4.18. The van der Waals surface area contributed by atoms with Gasteiger partial charge < -0.3 is 36.8 Å². The first kappa shape index (κ1) is 23.7. The van der Waals surface area contributed by atoms with Crippen LogP contribution in [0.3, 0.4) is 0 Å². The molecule has 0 aliphatic rings. The van der Waals surface area contributed by atoms with Crippen molar-refractivity contribution in [3.63, 3.8) is 0 Å². The van der Waals surface area contributed by atoms with Gasteiger partial charge in [0.25, 0.3) is 0 Å². The van der Waals surface area contributed by atoms with E-state index in [-0.39, 0.29) is 18.6 Å². The Morgan fingerprint density at radius 2 is 1.54 bits per heavy atom. The molecule has 0 fully saturated rings. The molecule has 0 unspecified atom stereocenters. The number of rotatable bonds is 9. The highest BCUT2D eigenvalue weighted by Gasteiger charge is 2.20. The summed E-state index contributed by atoms with van der Waals surface area (Å²) < 4.78 is 0. The van der Waals surface area contributed by atoms with Gasteiger partial charge in [0.2, 0.25) is 11.8 Å². The summed E-state index contributed by atoms with van der Waals surface area (Å²) in [6.45, 7) is -0.567. The summed E-state index contributed by atoms with van der Waals surface area (Å²) in [7, 11) is 0. The highest BCUT2D eigenvalue weighted by atomic mass is 32.1. The molecule has 2 amide bonds. The van der Waals surface area contributed by atoms with Crippen LogP contribution in [0.15, 0.2) is 0 Å². The van der Waals surface area contributed by atoms with Gasteiger partial charge >= 0.3 is 18.1 Å². The molecule has 0 aliphatic heterocycles. The minimum atomic E-state index is -1.83. The summed E-state index contributed by atoms with van der Waals surface area (Å²) in [5.74, 6) is -3.70. The first-order valence-electron chi connectivity index (χ1n) is 6.31. The van der Waals surface area contributed by atoms with Gasteiger partial charge in [-0.25, -0.2) is 4.79 Å². The Balaban J connectivity index is 0. The van der Waals surface area contributed by atoms with Crippen molar-refractivity contribution < 1.29 is 44.4 Å². The average Bonchev–Trinajstić information content (AvgIpc) is 2.46. The van der Waals surface area contributed by atoms with E-state index in [1.807, 2.05) is 0 Å². The van der Waals surface area contributed by atoms with Crippen LogP contribution < -0.4 is 16.4 Å². The highest BCUT2D eigenvalue weighted by molar-refractivity contribution is 7.80. The van der Waals surface area contributed by atoms with Crippen LogP contribution in [0.25, 0.3) is 0 Å². The molecule has 0 aromatic rings. The molecule has 0 saturated heterocycles. The van der Waals surface area contributed by atoms with Crippen LogP contribution in [-0.4, -0.2) is 74.7 Å². The second-order valence-corrected chi connectivity index (χ2v) is 4.55. The predicted octanol–water partition coefficient (Wildman–Crippen LogP) is -1.98. The van der Waals surface area contributed by atoms with Crippen molar-refractivity contribution in [1.29, 1.82) is 0 Å². The lowest BCUT2D eigenvalue weighted by atomic mass is 10.1. The first-order chi connectivity index (χ1) is 11.0. The van der Waals surface area contributed by atoms with Gasteiger partial charge in [-0.15, -0.1) is 0 Å². The smallest absolute Gasteiger partial charge is 0.480 e. The Kier molecular flexibility index (Phi) is 12.8. The van der Waals surface area contributed by atoms with E-state index in [2.05, 4.69) is 23.3 Å². The van der Waals surface area contributed by atoms with E-state index in [0.29, 0.717) is 0 Å². The van der Waals surface area contributed by atoms with E-state index in [9.17, 15) is 19.2 Å². The number of nitrogens with two attached hydrogens (primary N) is 1. The summed E-state index contributed by atoms with van der Waals surface area (Å²) in [5.41, 5.74) is 5.23. The Bertz CT molecular complexity index is 468. The molecule has 0 aromatic heterocycles. The predicted molar refractivity (Wildman–Crippen MR) is 81.9 cm³/mol. The standard InChI is InChI=1S/C10H17N3O6S.CH2O3/c11-5(10(18)19)1-2-7(14)13-6(4-20)9(17)12-3-8(15)16;2-1(3)4/h5-6,20H,1-4,11H2,(H,12,17)(H,13,14)(H,15,16)(H,18,19);(H2,2,3,4)/t5-,6-;/m0./s1. The van der Waals surface area contributed by atoms with E-state index >= 15 is 0 Å². The van der Waals surface area contributed by atoms with E-state index < -0.39 is 48.5 Å². The van der Waals surface area contributed by atoms with Crippen LogP contribution in [0.5, 0.6) is 0 Å². The minimum absolute atomic E-state index is 0.0256. The molecule has 8 N–H and O–H groups in total. The molecule has 0 aromatic carbocycles. The number of carboxylic acids is 2. The maximum Gasteiger partial charge on any atom is 0.503 e. The largest absolute Gasteiger partial charge is 0.503 e. The molecular weight excluding hydrogens is 350 g/mol. The number of carboxylic acid groups (broad SMARTS) is 4. The normalized spacial score (nSPS) is 11.9. The number of amides is 2. The van der Waals surface area contributed by atoms with Crippen molar-refractivity contribution in [3.8, 4) is 0 Å². The number of carbonyl (C=O) groups excluding carboxylic acids is 2. The molecule has 0 rings (SSSR count). The molecule has 0 heterocycles. The van der Waals surface area contributed by atoms with Crippen LogP contribution in [0.1, 0.15) is 12.8 Å². The van der Waals surface area contributed by atoms with Gasteiger partial charge in [0.15, 0.2) is 0 Å². The van der Waals surface area contributed by atoms with Crippen molar-refractivity contribution in [3.05, 3.63) is 0 Å². The Labute approximate surface area is 141 Å². The monoisotopic (exact) mass is 369 g/mol. The number of hydrogen-bond donors (Lipinski definition) is 8. The Morgan fingerprint density at radius 1 is 1.04 bits per heavy atom. The Hall–Kier alpha value is -2.54. The lowest BCUT2D eigenvalue weighted by molar-refractivity contribution is -0.139. The molecule has 138 valence electrons. The van der Waals surface area contributed by atoms with Crippen molar-refractivity contribution in [2.45, 2.75) is 24.9 Å². The molecule has 24 heavy (non-hydrogen) atoms. The van der Waals surface area contributed by atoms with E-state index in [0.717, 1.165) is 0 Å². The number of aliphatic carboxylic acids is 2.